The van der Waals surface area contributed by atoms with Crippen LogP contribution in [-0.4, -0.2) is 16.2 Å². The zero-order chi connectivity index (χ0) is 8.27. The monoisotopic (exact) mass is 173 g/mol. The van der Waals surface area contributed by atoms with Crippen LogP contribution in [0.3, 0.4) is 0 Å². The van der Waals surface area contributed by atoms with Gasteiger partial charge in [-0.3, -0.25) is 0 Å². The molecular formula is C6H8FN3S. The second-order valence-electron chi connectivity index (χ2n) is 1.90. The van der Waals surface area contributed by atoms with Crippen LogP contribution in [-0.2, 0) is 6.67 Å². The van der Waals surface area contributed by atoms with Crippen molar-refractivity contribution in [2.75, 3.05) is 12.0 Å². The zero-order valence-electron chi connectivity index (χ0n) is 6.04. The van der Waals surface area contributed by atoms with Gasteiger partial charge in [-0.1, -0.05) is 0 Å². The summed E-state index contributed by atoms with van der Waals surface area (Å²) >= 11 is 1.36. The molecule has 0 atom stereocenters. The fraction of sp³-hybridized carbons (Fsp3) is 0.333. The van der Waals surface area contributed by atoms with E-state index < -0.39 is 6.67 Å². The molecule has 1 aromatic heterocycles. The predicted octanol–water partition coefficient (Wildman–Crippen LogP) is 1.25. The van der Waals surface area contributed by atoms with E-state index >= 15 is 0 Å². The molecular weight excluding hydrogens is 165 g/mol. The van der Waals surface area contributed by atoms with Gasteiger partial charge in [-0.25, -0.2) is 14.4 Å². The SMILES string of the molecule is CSc1nc(N)ncc1CF. The third-order valence-corrected chi connectivity index (χ3v) is 1.92. The molecule has 0 bridgehead atoms. The van der Waals surface area contributed by atoms with Crippen LogP contribution in [0.5, 0.6) is 0 Å². The van der Waals surface area contributed by atoms with E-state index in [1.54, 1.807) is 0 Å². The van der Waals surface area contributed by atoms with Crippen LogP contribution in [0.15, 0.2) is 11.2 Å². The van der Waals surface area contributed by atoms with Gasteiger partial charge in [0.1, 0.15) is 11.7 Å². The Hall–Kier alpha value is -0.840. The summed E-state index contributed by atoms with van der Waals surface area (Å²) in [4.78, 5) is 7.52. The Kier molecular flexibility index (Phi) is 2.64. The van der Waals surface area contributed by atoms with Crippen LogP contribution in [0.25, 0.3) is 0 Å². The lowest BCUT2D eigenvalue weighted by Crippen LogP contribution is -1.98. The van der Waals surface area contributed by atoms with Crippen molar-refractivity contribution in [1.82, 2.24) is 9.97 Å². The predicted molar refractivity (Wildman–Crippen MR) is 43.0 cm³/mol. The third kappa shape index (κ3) is 1.80. The molecule has 60 valence electrons. The number of nitrogens with zero attached hydrogens (tertiary/aromatic N) is 2. The summed E-state index contributed by atoms with van der Waals surface area (Å²) < 4.78 is 12.2. The number of nitrogen functional groups attached to an aromatic ring is 1. The lowest BCUT2D eigenvalue weighted by molar-refractivity contribution is 0.476. The lowest BCUT2D eigenvalue weighted by Gasteiger charge is -2.00. The fourth-order valence-corrected chi connectivity index (χ4v) is 1.23. The molecule has 0 radical (unpaired) electrons. The van der Waals surface area contributed by atoms with Gasteiger partial charge in [0.25, 0.3) is 0 Å². The smallest absolute Gasteiger partial charge is 0.221 e. The molecule has 0 saturated heterocycles. The number of thioether (sulfide) groups is 1. The summed E-state index contributed by atoms with van der Waals surface area (Å²) in [6.07, 6.45) is 3.23. The van der Waals surface area contributed by atoms with Gasteiger partial charge in [-0.2, -0.15) is 0 Å². The lowest BCUT2D eigenvalue weighted by atomic mass is 10.4. The minimum atomic E-state index is -0.545. The standard InChI is InChI=1S/C6H8FN3S/c1-11-5-4(2-7)3-9-6(8)10-5/h3H,2H2,1H3,(H2,8,9,10). The average molecular weight is 173 g/mol. The maximum atomic E-state index is 12.2. The van der Waals surface area contributed by atoms with E-state index in [1.165, 1.54) is 18.0 Å². The molecule has 0 unspecified atom stereocenters. The van der Waals surface area contributed by atoms with Crippen LogP contribution in [0.4, 0.5) is 10.3 Å². The fourth-order valence-electron chi connectivity index (χ4n) is 0.672. The van der Waals surface area contributed by atoms with Crippen molar-refractivity contribution in [1.29, 1.82) is 0 Å². The summed E-state index contributed by atoms with van der Waals surface area (Å²) in [5.41, 5.74) is 5.79. The molecule has 1 aromatic rings. The zero-order valence-corrected chi connectivity index (χ0v) is 6.86. The highest BCUT2D eigenvalue weighted by Crippen LogP contribution is 2.18. The molecule has 0 aliphatic carbocycles. The highest BCUT2D eigenvalue weighted by molar-refractivity contribution is 7.98. The summed E-state index contributed by atoms with van der Waals surface area (Å²) in [5, 5.41) is 0.611. The van der Waals surface area contributed by atoms with Gasteiger partial charge in [0, 0.05) is 11.8 Å². The molecule has 2 N–H and O–H groups in total. The molecule has 0 aliphatic rings. The number of halogens is 1. The molecule has 11 heavy (non-hydrogen) atoms. The third-order valence-electron chi connectivity index (χ3n) is 1.18. The van der Waals surface area contributed by atoms with Gasteiger partial charge in [0.05, 0.1) is 0 Å². The molecule has 0 aromatic carbocycles. The number of aromatic nitrogens is 2. The van der Waals surface area contributed by atoms with Crippen molar-refractivity contribution in [3.63, 3.8) is 0 Å². The quantitative estimate of drug-likeness (QED) is 0.540. The normalized spacial score (nSPS) is 10.0. The van der Waals surface area contributed by atoms with Crippen LogP contribution < -0.4 is 5.73 Å². The minimum Gasteiger partial charge on any atom is -0.368 e. The van der Waals surface area contributed by atoms with Crippen molar-refractivity contribution >= 4 is 17.7 Å². The summed E-state index contributed by atoms with van der Waals surface area (Å²) in [6, 6.07) is 0. The maximum absolute atomic E-state index is 12.2. The topological polar surface area (TPSA) is 51.8 Å². The van der Waals surface area contributed by atoms with Gasteiger partial charge in [0.2, 0.25) is 5.95 Å². The molecule has 1 heterocycles. The average Bonchev–Trinajstić information content (AvgIpc) is 2.04. The number of rotatable bonds is 2. The Bertz CT molecular complexity index is 254. The maximum Gasteiger partial charge on any atom is 0.221 e. The summed E-state index contributed by atoms with van der Waals surface area (Å²) in [5.74, 6) is 0.187. The molecule has 0 fully saturated rings. The van der Waals surface area contributed by atoms with E-state index in [9.17, 15) is 4.39 Å². The highest BCUT2D eigenvalue weighted by Gasteiger charge is 2.02. The summed E-state index contributed by atoms with van der Waals surface area (Å²) in [7, 11) is 0. The van der Waals surface area contributed by atoms with Gasteiger partial charge in [-0.05, 0) is 6.26 Å². The molecule has 0 saturated carbocycles. The number of nitrogens with two attached hydrogens (primary N) is 1. The molecule has 0 aliphatic heterocycles. The summed E-state index contributed by atoms with van der Waals surface area (Å²) in [6.45, 7) is -0.545. The Morgan fingerprint density at radius 2 is 2.45 bits per heavy atom. The van der Waals surface area contributed by atoms with Crippen molar-refractivity contribution in [3.05, 3.63) is 11.8 Å². The van der Waals surface area contributed by atoms with Crippen LogP contribution >= 0.6 is 11.8 Å². The minimum absolute atomic E-state index is 0.187. The molecule has 3 nitrogen and oxygen atoms in total. The Balaban J connectivity index is 3.06. The Morgan fingerprint density at radius 3 is 3.00 bits per heavy atom. The van der Waals surface area contributed by atoms with Gasteiger partial charge < -0.3 is 5.73 Å². The van der Waals surface area contributed by atoms with Crippen molar-refractivity contribution in [2.45, 2.75) is 11.7 Å². The Labute approximate surface area is 68.2 Å². The first-order valence-corrected chi connectivity index (χ1v) is 4.21. The van der Waals surface area contributed by atoms with E-state index in [4.69, 9.17) is 5.73 Å². The highest BCUT2D eigenvalue weighted by atomic mass is 32.2. The van der Waals surface area contributed by atoms with Gasteiger partial charge in [0.15, 0.2) is 0 Å². The first-order chi connectivity index (χ1) is 5.27. The second-order valence-corrected chi connectivity index (χ2v) is 2.69. The van der Waals surface area contributed by atoms with Gasteiger partial charge >= 0.3 is 0 Å². The number of anilines is 1. The molecule has 0 amide bonds. The van der Waals surface area contributed by atoms with E-state index in [0.717, 1.165) is 0 Å². The van der Waals surface area contributed by atoms with E-state index in [2.05, 4.69) is 9.97 Å². The first-order valence-electron chi connectivity index (χ1n) is 2.99. The van der Waals surface area contributed by atoms with Crippen LogP contribution in [0.2, 0.25) is 0 Å². The number of hydrogen-bond acceptors (Lipinski definition) is 4. The number of hydrogen-bond donors (Lipinski definition) is 1. The van der Waals surface area contributed by atoms with Crippen molar-refractivity contribution < 1.29 is 4.39 Å². The Morgan fingerprint density at radius 1 is 1.73 bits per heavy atom. The van der Waals surface area contributed by atoms with Crippen molar-refractivity contribution in [3.8, 4) is 0 Å². The van der Waals surface area contributed by atoms with E-state index in [1.807, 2.05) is 6.26 Å². The van der Waals surface area contributed by atoms with Gasteiger partial charge in [-0.15, -0.1) is 11.8 Å². The van der Waals surface area contributed by atoms with Crippen LogP contribution in [0, 0.1) is 0 Å². The largest absolute Gasteiger partial charge is 0.368 e. The molecule has 1 rings (SSSR count). The van der Waals surface area contributed by atoms with E-state index in [0.29, 0.717) is 10.6 Å². The molecule has 0 spiro atoms. The second kappa shape index (κ2) is 3.52. The van der Waals surface area contributed by atoms with Crippen LogP contribution in [0.1, 0.15) is 5.56 Å². The molecule has 5 heteroatoms. The van der Waals surface area contributed by atoms with Crippen molar-refractivity contribution in [2.24, 2.45) is 0 Å². The first kappa shape index (κ1) is 8.26. The van der Waals surface area contributed by atoms with E-state index in [-0.39, 0.29) is 5.95 Å². The number of alkyl halides is 1.